The summed E-state index contributed by atoms with van der Waals surface area (Å²) < 4.78 is 0. The topological polar surface area (TPSA) is 98.8 Å². The normalized spacial score (nSPS) is 18.8. The molecule has 8 nitrogen and oxygen atoms in total. The molecule has 0 aromatic heterocycles. The van der Waals surface area contributed by atoms with Gasteiger partial charge in [-0.05, 0) is 64.9 Å². The van der Waals surface area contributed by atoms with Crippen LogP contribution in [0.1, 0.15) is 39.9 Å². The number of nitrogens with one attached hydrogen (secondary N) is 2. The number of benzene rings is 3. The lowest BCUT2D eigenvalue weighted by molar-refractivity contribution is -0.136. The number of hydrogen-bond acceptors (Lipinski definition) is 4. The lowest BCUT2D eigenvalue weighted by Gasteiger charge is -2.29. The summed E-state index contributed by atoms with van der Waals surface area (Å²) in [5.41, 5.74) is 6.55. The van der Waals surface area contributed by atoms with E-state index in [4.69, 9.17) is 0 Å². The first kappa shape index (κ1) is 23.0. The van der Waals surface area contributed by atoms with Crippen molar-refractivity contribution in [1.82, 2.24) is 15.1 Å². The van der Waals surface area contributed by atoms with E-state index in [1.54, 1.807) is 23.1 Å². The van der Waals surface area contributed by atoms with Crippen LogP contribution in [0.15, 0.2) is 66.7 Å². The number of nitrogens with zero attached hydrogens (tertiary/aromatic N) is 2. The monoisotopic (exact) mass is 494 g/mol. The van der Waals surface area contributed by atoms with Gasteiger partial charge in [-0.15, -0.1) is 0 Å². The Kier molecular flexibility index (Phi) is 5.71. The first-order valence-corrected chi connectivity index (χ1v) is 12.5. The van der Waals surface area contributed by atoms with Crippen LogP contribution in [0.2, 0.25) is 0 Å². The molecular formula is C29H26N4O4. The molecule has 3 aromatic rings. The molecule has 3 heterocycles. The molecule has 8 heteroatoms. The Morgan fingerprint density at radius 1 is 0.838 bits per heavy atom. The SMILES string of the molecule is O=C1CCC(N2Cc3cc(NC(=O)N4CCc5ccc(-c6ccccc6)cc5C4)ccc3C2=O)C(=O)N1. The molecule has 6 rings (SSSR count). The van der Waals surface area contributed by atoms with Gasteiger partial charge in [-0.3, -0.25) is 19.7 Å². The number of hydrogen-bond donors (Lipinski definition) is 2. The van der Waals surface area contributed by atoms with Gasteiger partial charge in [0.05, 0.1) is 0 Å². The third kappa shape index (κ3) is 4.35. The molecule has 0 spiro atoms. The molecule has 0 aliphatic carbocycles. The molecule has 3 aliphatic rings. The Morgan fingerprint density at radius 2 is 1.68 bits per heavy atom. The average Bonchev–Trinajstić information content (AvgIpc) is 3.23. The molecule has 0 radical (unpaired) electrons. The van der Waals surface area contributed by atoms with Crippen molar-refractivity contribution in [1.29, 1.82) is 0 Å². The van der Waals surface area contributed by atoms with Crippen molar-refractivity contribution >= 4 is 29.4 Å². The highest BCUT2D eigenvalue weighted by Crippen LogP contribution is 2.30. The second kappa shape index (κ2) is 9.20. The number of anilines is 1. The van der Waals surface area contributed by atoms with Gasteiger partial charge in [-0.1, -0.05) is 42.5 Å². The molecule has 0 saturated carbocycles. The zero-order chi connectivity index (χ0) is 25.5. The zero-order valence-electron chi connectivity index (χ0n) is 20.2. The van der Waals surface area contributed by atoms with Gasteiger partial charge in [0, 0.05) is 37.3 Å². The van der Waals surface area contributed by atoms with E-state index in [0.717, 1.165) is 28.7 Å². The number of urea groups is 1. The van der Waals surface area contributed by atoms with Crippen molar-refractivity contribution < 1.29 is 19.2 Å². The van der Waals surface area contributed by atoms with Crippen molar-refractivity contribution in [3.63, 3.8) is 0 Å². The van der Waals surface area contributed by atoms with Gasteiger partial charge >= 0.3 is 6.03 Å². The Labute approximate surface area is 214 Å². The summed E-state index contributed by atoms with van der Waals surface area (Å²) in [7, 11) is 0. The number of carbonyl (C=O) groups excluding carboxylic acids is 4. The van der Waals surface area contributed by atoms with Crippen LogP contribution >= 0.6 is 0 Å². The van der Waals surface area contributed by atoms with Gasteiger partial charge in [0.15, 0.2) is 0 Å². The van der Waals surface area contributed by atoms with Crippen molar-refractivity contribution in [3.05, 3.63) is 89.0 Å². The maximum atomic E-state index is 13.1. The Balaban J connectivity index is 1.14. The zero-order valence-corrected chi connectivity index (χ0v) is 20.2. The standard InChI is InChI=1S/C29H26N4O4/c34-26-11-10-25(27(35)31-26)33-17-22-15-23(8-9-24(22)28(33)36)30-29(37)32-13-12-19-6-7-20(14-21(19)16-32)18-4-2-1-3-5-18/h1-9,14-15,25H,10-13,16-17H2,(H,30,37)(H,31,34,35). The largest absolute Gasteiger partial charge is 0.322 e. The first-order valence-electron chi connectivity index (χ1n) is 12.5. The van der Waals surface area contributed by atoms with Gasteiger partial charge in [0.1, 0.15) is 6.04 Å². The van der Waals surface area contributed by atoms with Crippen LogP contribution in [0.25, 0.3) is 11.1 Å². The summed E-state index contributed by atoms with van der Waals surface area (Å²) in [6, 6.07) is 21.0. The number of rotatable bonds is 3. The quantitative estimate of drug-likeness (QED) is 0.543. The van der Waals surface area contributed by atoms with E-state index in [0.29, 0.717) is 30.8 Å². The molecule has 37 heavy (non-hydrogen) atoms. The van der Waals surface area contributed by atoms with Crippen molar-refractivity contribution in [2.45, 2.75) is 38.4 Å². The minimum Gasteiger partial charge on any atom is -0.322 e. The Hall–Kier alpha value is -4.46. The van der Waals surface area contributed by atoms with E-state index >= 15 is 0 Å². The lowest BCUT2D eigenvalue weighted by atomic mass is 9.95. The number of fused-ring (bicyclic) bond motifs is 2. The lowest BCUT2D eigenvalue weighted by Crippen LogP contribution is -2.52. The minimum atomic E-state index is -0.662. The molecule has 5 amide bonds. The van der Waals surface area contributed by atoms with Crippen LogP contribution in [-0.4, -0.2) is 46.1 Å². The number of carbonyl (C=O) groups is 4. The van der Waals surface area contributed by atoms with Crippen LogP contribution in [0.3, 0.4) is 0 Å². The summed E-state index contributed by atoms with van der Waals surface area (Å²) in [5.74, 6) is -0.983. The van der Waals surface area contributed by atoms with E-state index in [1.807, 2.05) is 18.2 Å². The van der Waals surface area contributed by atoms with Crippen molar-refractivity contribution in [3.8, 4) is 11.1 Å². The van der Waals surface area contributed by atoms with Crippen LogP contribution in [-0.2, 0) is 29.1 Å². The molecular weight excluding hydrogens is 468 g/mol. The number of amides is 5. The maximum Gasteiger partial charge on any atom is 0.322 e. The molecule has 3 aliphatic heterocycles. The summed E-state index contributed by atoms with van der Waals surface area (Å²) in [6.07, 6.45) is 1.32. The fourth-order valence-electron chi connectivity index (χ4n) is 5.40. The highest BCUT2D eigenvalue weighted by Gasteiger charge is 2.39. The Morgan fingerprint density at radius 3 is 2.49 bits per heavy atom. The molecule has 2 N–H and O–H groups in total. The number of imide groups is 1. The van der Waals surface area contributed by atoms with Crippen molar-refractivity contribution in [2.24, 2.45) is 0 Å². The average molecular weight is 495 g/mol. The molecule has 3 aromatic carbocycles. The van der Waals surface area contributed by atoms with Gasteiger partial charge in [0.2, 0.25) is 11.8 Å². The third-order valence-corrected chi connectivity index (χ3v) is 7.39. The molecule has 186 valence electrons. The van der Waals surface area contributed by atoms with E-state index in [1.165, 1.54) is 10.5 Å². The van der Waals surface area contributed by atoms with E-state index in [-0.39, 0.29) is 30.8 Å². The smallest absolute Gasteiger partial charge is 0.322 e. The van der Waals surface area contributed by atoms with Crippen molar-refractivity contribution in [2.75, 3.05) is 11.9 Å². The fraction of sp³-hybridized carbons (Fsp3) is 0.241. The predicted octanol–water partition coefficient (Wildman–Crippen LogP) is 3.70. The minimum absolute atomic E-state index is 0.193. The van der Waals surface area contributed by atoms with E-state index in [9.17, 15) is 19.2 Å². The van der Waals surface area contributed by atoms with Gasteiger partial charge in [-0.2, -0.15) is 0 Å². The molecule has 1 fully saturated rings. The second-order valence-electron chi connectivity index (χ2n) is 9.72. The fourth-order valence-corrected chi connectivity index (χ4v) is 5.40. The van der Waals surface area contributed by atoms with Crippen LogP contribution in [0, 0.1) is 0 Å². The number of piperidine rings is 1. The molecule has 1 saturated heterocycles. The Bertz CT molecular complexity index is 1440. The second-order valence-corrected chi connectivity index (χ2v) is 9.72. The van der Waals surface area contributed by atoms with Gasteiger partial charge in [-0.25, -0.2) is 4.79 Å². The summed E-state index contributed by atoms with van der Waals surface area (Å²) in [6.45, 7) is 1.41. The molecule has 1 atom stereocenters. The molecule has 0 bridgehead atoms. The van der Waals surface area contributed by atoms with Crippen LogP contribution in [0.4, 0.5) is 10.5 Å². The van der Waals surface area contributed by atoms with Crippen LogP contribution in [0.5, 0.6) is 0 Å². The first-order chi connectivity index (χ1) is 18.0. The summed E-state index contributed by atoms with van der Waals surface area (Å²) >= 11 is 0. The maximum absolute atomic E-state index is 13.1. The van der Waals surface area contributed by atoms with Gasteiger partial charge in [0.25, 0.3) is 5.91 Å². The van der Waals surface area contributed by atoms with Crippen LogP contribution < -0.4 is 10.6 Å². The predicted molar refractivity (Wildman–Crippen MR) is 137 cm³/mol. The highest BCUT2D eigenvalue weighted by molar-refractivity contribution is 6.05. The summed E-state index contributed by atoms with van der Waals surface area (Å²) in [5, 5.41) is 5.29. The van der Waals surface area contributed by atoms with Gasteiger partial charge < -0.3 is 15.1 Å². The third-order valence-electron chi connectivity index (χ3n) is 7.39. The summed E-state index contributed by atoms with van der Waals surface area (Å²) in [4.78, 5) is 53.1. The molecule has 1 unspecified atom stereocenters. The van der Waals surface area contributed by atoms with E-state index < -0.39 is 11.9 Å². The van der Waals surface area contributed by atoms with E-state index in [2.05, 4.69) is 41.0 Å². The highest BCUT2D eigenvalue weighted by atomic mass is 16.2.